The second kappa shape index (κ2) is 6.17. The summed E-state index contributed by atoms with van der Waals surface area (Å²) in [6.07, 6.45) is 8.93. The summed E-state index contributed by atoms with van der Waals surface area (Å²) in [5.74, 6) is 0. The molecule has 1 saturated heterocycles. The summed E-state index contributed by atoms with van der Waals surface area (Å²) >= 11 is 0. The van der Waals surface area contributed by atoms with E-state index in [2.05, 4.69) is 11.2 Å². The normalized spacial score (nSPS) is 22.6. The molecule has 0 saturated carbocycles. The third kappa shape index (κ3) is 3.82. The highest BCUT2D eigenvalue weighted by Crippen LogP contribution is 2.18. The number of nitrogens with zero attached hydrogens (tertiary/aromatic N) is 2. The molecule has 0 aromatic carbocycles. The van der Waals surface area contributed by atoms with Crippen molar-refractivity contribution in [1.29, 1.82) is 0 Å². The van der Waals surface area contributed by atoms with Crippen LogP contribution in [0.3, 0.4) is 0 Å². The molecule has 1 aromatic rings. The van der Waals surface area contributed by atoms with E-state index in [0.717, 1.165) is 25.9 Å². The molecule has 2 atom stereocenters. The Morgan fingerprint density at radius 2 is 2.47 bits per heavy atom. The number of aromatic nitrogens is 2. The Morgan fingerprint density at radius 3 is 3.12 bits per heavy atom. The van der Waals surface area contributed by atoms with Gasteiger partial charge in [-0.1, -0.05) is 0 Å². The highest BCUT2D eigenvalue weighted by atomic mass is 16.5. The quantitative estimate of drug-likeness (QED) is 0.847. The monoisotopic (exact) mass is 237 g/mol. The van der Waals surface area contributed by atoms with Gasteiger partial charge in [-0.25, -0.2) is 0 Å². The molecule has 0 bridgehead atoms. The minimum absolute atomic E-state index is 0.244. The van der Waals surface area contributed by atoms with Crippen LogP contribution in [-0.2, 0) is 18.2 Å². The first-order chi connectivity index (χ1) is 8.25. The first-order valence-electron chi connectivity index (χ1n) is 6.60. The molecule has 1 aromatic heterocycles. The van der Waals surface area contributed by atoms with Gasteiger partial charge in [0, 0.05) is 31.6 Å². The zero-order valence-electron chi connectivity index (χ0n) is 10.6. The Balaban J connectivity index is 1.70. The van der Waals surface area contributed by atoms with Crippen molar-refractivity contribution in [3.05, 3.63) is 18.0 Å². The highest BCUT2D eigenvalue weighted by Gasteiger charge is 2.17. The SMILES string of the molecule is Cn1nccc1CCC(N)CC1CCCCO1. The summed E-state index contributed by atoms with van der Waals surface area (Å²) in [6, 6.07) is 2.30. The second-order valence-corrected chi connectivity index (χ2v) is 4.97. The van der Waals surface area contributed by atoms with Crippen LogP contribution in [0.1, 0.15) is 37.8 Å². The van der Waals surface area contributed by atoms with Crippen LogP contribution in [0.15, 0.2) is 12.3 Å². The average molecular weight is 237 g/mol. The van der Waals surface area contributed by atoms with Gasteiger partial charge in [-0.15, -0.1) is 0 Å². The van der Waals surface area contributed by atoms with Crippen LogP contribution in [-0.4, -0.2) is 28.5 Å². The summed E-state index contributed by atoms with van der Waals surface area (Å²) in [4.78, 5) is 0. The van der Waals surface area contributed by atoms with Gasteiger partial charge in [-0.05, 0) is 44.6 Å². The van der Waals surface area contributed by atoms with Crippen LogP contribution in [0.2, 0.25) is 0 Å². The van der Waals surface area contributed by atoms with Crippen molar-refractivity contribution in [2.24, 2.45) is 12.8 Å². The molecule has 1 aliphatic heterocycles. The van der Waals surface area contributed by atoms with E-state index in [4.69, 9.17) is 10.5 Å². The molecule has 1 fully saturated rings. The lowest BCUT2D eigenvalue weighted by molar-refractivity contribution is 0.00702. The summed E-state index contributed by atoms with van der Waals surface area (Å²) in [7, 11) is 1.98. The largest absolute Gasteiger partial charge is 0.378 e. The van der Waals surface area contributed by atoms with Crippen LogP contribution in [0.25, 0.3) is 0 Å². The molecule has 4 nitrogen and oxygen atoms in total. The number of hydrogen-bond acceptors (Lipinski definition) is 3. The Kier molecular flexibility index (Phi) is 4.57. The van der Waals surface area contributed by atoms with Gasteiger partial charge in [0.15, 0.2) is 0 Å². The van der Waals surface area contributed by atoms with E-state index in [9.17, 15) is 0 Å². The van der Waals surface area contributed by atoms with Crippen molar-refractivity contribution in [2.75, 3.05) is 6.61 Å². The minimum Gasteiger partial charge on any atom is -0.378 e. The zero-order valence-corrected chi connectivity index (χ0v) is 10.6. The van der Waals surface area contributed by atoms with Crippen molar-refractivity contribution >= 4 is 0 Å². The van der Waals surface area contributed by atoms with E-state index < -0.39 is 0 Å². The topological polar surface area (TPSA) is 53.1 Å². The first kappa shape index (κ1) is 12.6. The van der Waals surface area contributed by atoms with Crippen LogP contribution >= 0.6 is 0 Å². The van der Waals surface area contributed by atoms with Crippen LogP contribution < -0.4 is 5.73 Å². The third-order valence-corrected chi connectivity index (χ3v) is 3.53. The van der Waals surface area contributed by atoms with Gasteiger partial charge in [0.25, 0.3) is 0 Å². The van der Waals surface area contributed by atoms with E-state index in [1.54, 1.807) is 0 Å². The molecule has 2 heterocycles. The molecule has 0 amide bonds. The molecule has 1 aliphatic rings. The lowest BCUT2D eigenvalue weighted by Crippen LogP contribution is -2.30. The maximum Gasteiger partial charge on any atom is 0.0589 e. The van der Waals surface area contributed by atoms with E-state index in [1.807, 2.05) is 17.9 Å². The number of ether oxygens (including phenoxy) is 1. The summed E-state index contributed by atoms with van der Waals surface area (Å²) in [6.45, 7) is 0.916. The first-order valence-corrected chi connectivity index (χ1v) is 6.60. The molecule has 2 unspecified atom stereocenters. The molecular weight excluding hydrogens is 214 g/mol. The van der Waals surface area contributed by atoms with Crippen molar-refractivity contribution in [3.63, 3.8) is 0 Å². The Bertz CT molecular complexity index is 331. The smallest absolute Gasteiger partial charge is 0.0589 e. The summed E-state index contributed by atoms with van der Waals surface area (Å²) in [5.41, 5.74) is 7.42. The van der Waals surface area contributed by atoms with Crippen LogP contribution in [0, 0.1) is 0 Å². The molecule has 0 aliphatic carbocycles. The Labute approximate surface area is 103 Å². The van der Waals surface area contributed by atoms with Crippen molar-refractivity contribution < 1.29 is 4.74 Å². The standard InChI is InChI=1S/C13H23N3O/c1-16-12(7-8-15-16)6-5-11(14)10-13-4-2-3-9-17-13/h7-8,11,13H,2-6,9-10,14H2,1H3. The third-order valence-electron chi connectivity index (χ3n) is 3.53. The average Bonchev–Trinajstić information content (AvgIpc) is 2.74. The number of aryl methyl sites for hydroxylation is 2. The molecule has 2 N–H and O–H groups in total. The fourth-order valence-electron chi connectivity index (χ4n) is 2.43. The van der Waals surface area contributed by atoms with Gasteiger partial charge < -0.3 is 10.5 Å². The van der Waals surface area contributed by atoms with Gasteiger partial charge in [-0.3, -0.25) is 4.68 Å². The number of rotatable bonds is 5. The summed E-state index contributed by atoms with van der Waals surface area (Å²) in [5, 5.41) is 4.16. The maximum absolute atomic E-state index is 6.16. The van der Waals surface area contributed by atoms with Gasteiger partial charge >= 0.3 is 0 Å². The zero-order chi connectivity index (χ0) is 12.1. The van der Waals surface area contributed by atoms with Gasteiger partial charge in [0.1, 0.15) is 0 Å². The van der Waals surface area contributed by atoms with E-state index >= 15 is 0 Å². The molecule has 0 radical (unpaired) electrons. The maximum atomic E-state index is 6.16. The predicted molar refractivity (Wildman–Crippen MR) is 67.7 cm³/mol. The van der Waals surface area contributed by atoms with E-state index in [-0.39, 0.29) is 6.04 Å². The molecule has 2 rings (SSSR count). The minimum atomic E-state index is 0.244. The Morgan fingerprint density at radius 1 is 1.59 bits per heavy atom. The lowest BCUT2D eigenvalue weighted by Gasteiger charge is -2.25. The lowest BCUT2D eigenvalue weighted by atomic mass is 9.99. The molecular formula is C13H23N3O. The number of nitrogens with two attached hydrogens (primary N) is 1. The molecule has 0 spiro atoms. The molecule has 4 heteroatoms. The van der Waals surface area contributed by atoms with E-state index in [0.29, 0.717) is 6.10 Å². The van der Waals surface area contributed by atoms with Gasteiger partial charge in [0.05, 0.1) is 6.10 Å². The van der Waals surface area contributed by atoms with Gasteiger partial charge in [0.2, 0.25) is 0 Å². The second-order valence-electron chi connectivity index (χ2n) is 4.97. The fraction of sp³-hybridized carbons (Fsp3) is 0.769. The van der Waals surface area contributed by atoms with Crippen LogP contribution in [0.4, 0.5) is 0 Å². The van der Waals surface area contributed by atoms with Crippen LogP contribution in [0.5, 0.6) is 0 Å². The van der Waals surface area contributed by atoms with Gasteiger partial charge in [-0.2, -0.15) is 5.10 Å². The van der Waals surface area contributed by atoms with Crippen molar-refractivity contribution in [1.82, 2.24) is 9.78 Å². The molecule has 17 heavy (non-hydrogen) atoms. The van der Waals surface area contributed by atoms with Crippen molar-refractivity contribution in [3.8, 4) is 0 Å². The number of hydrogen-bond donors (Lipinski definition) is 1. The Hall–Kier alpha value is -0.870. The predicted octanol–water partition coefficient (Wildman–Crippen LogP) is 1.64. The summed E-state index contributed by atoms with van der Waals surface area (Å²) < 4.78 is 7.63. The van der Waals surface area contributed by atoms with E-state index in [1.165, 1.54) is 25.0 Å². The molecule has 96 valence electrons. The highest BCUT2D eigenvalue weighted by molar-refractivity contribution is 5.00. The van der Waals surface area contributed by atoms with Crippen molar-refractivity contribution in [2.45, 2.75) is 50.7 Å². The fourth-order valence-corrected chi connectivity index (χ4v) is 2.43.